The topological polar surface area (TPSA) is 58.9 Å². The number of aromatic amines is 1. The molecule has 2 aromatic carbocycles. The molecule has 1 aliphatic rings. The van der Waals surface area contributed by atoms with Gasteiger partial charge in [-0.3, -0.25) is 4.79 Å². The molecule has 0 amide bonds. The molecule has 0 radical (unpaired) electrons. The summed E-state index contributed by atoms with van der Waals surface area (Å²) in [4.78, 5) is 16.6. The van der Waals surface area contributed by atoms with Crippen LogP contribution in [0.3, 0.4) is 0 Å². The van der Waals surface area contributed by atoms with E-state index in [0.29, 0.717) is 51.8 Å². The lowest BCUT2D eigenvalue weighted by Crippen LogP contribution is -2.20. The van der Waals surface area contributed by atoms with Crippen molar-refractivity contribution in [2.75, 3.05) is 0 Å². The lowest BCUT2D eigenvalue weighted by molar-refractivity contribution is 0.103. The summed E-state index contributed by atoms with van der Waals surface area (Å²) in [5, 5.41) is 0.637. The number of nitrogens with one attached hydrogen (secondary N) is 1. The molecule has 5 heteroatoms. The summed E-state index contributed by atoms with van der Waals surface area (Å²) >= 11 is 0. The molecule has 0 spiro atoms. The van der Waals surface area contributed by atoms with E-state index in [-0.39, 0.29) is 29.3 Å². The molecule has 1 aliphatic carbocycles. The number of fused-ring (bicyclic) bond motifs is 1. The van der Waals surface area contributed by atoms with Gasteiger partial charge < -0.3 is 10.7 Å². The third kappa shape index (κ3) is 5.88. The van der Waals surface area contributed by atoms with Crippen LogP contribution in [0.25, 0.3) is 10.9 Å². The van der Waals surface area contributed by atoms with Gasteiger partial charge in [-0.2, -0.15) is 0 Å². The van der Waals surface area contributed by atoms with Gasteiger partial charge in [0.1, 0.15) is 11.6 Å². The Morgan fingerprint density at radius 2 is 1.85 bits per heavy atom. The smallest absolute Gasteiger partial charge is 0.210 e. The minimum Gasteiger partial charge on any atom is -0.401 e. The SMILES string of the molecule is C=C/C(C(=O)c1cc2cc(F)c(CC)cc2[nH]1)=C(/N)C(C)C(C)c1ccc(CC2=C(F)C=CCC=C2)c(C)c1. The van der Waals surface area contributed by atoms with Gasteiger partial charge in [-0.25, -0.2) is 8.78 Å². The lowest BCUT2D eigenvalue weighted by Gasteiger charge is -2.23. The molecule has 0 saturated carbocycles. The molecule has 0 saturated heterocycles. The number of carbonyl (C=O) groups excluding carboxylic acids is 1. The van der Waals surface area contributed by atoms with Gasteiger partial charge in [0.05, 0.1) is 5.69 Å². The summed E-state index contributed by atoms with van der Waals surface area (Å²) < 4.78 is 28.7. The van der Waals surface area contributed by atoms with E-state index < -0.39 is 0 Å². The molecule has 2 atom stereocenters. The largest absolute Gasteiger partial charge is 0.401 e. The maximum Gasteiger partial charge on any atom is 0.210 e. The van der Waals surface area contributed by atoms with Crippen LogP contribution >= 0.6 is 0 Å². The van der Waals surface area contributed by atoms with Gasteiger partial charge >= 0.3 is 0 Å². The Morgan fingerprint density at radius 1 is 1.10 bits per heavy atom. The number of allylic oxidation sites excluding steroid dienone is 9. The summed E-state index contributed by atoms with van der Waals surface area (Å²) in [6.45, 7) is 11.9. The molecule has 0 aliphatic heterocycles. The molecule has 39 heavy (non-hydrogen) atoms. The number of carbonyl (C=O) groups is 1. The monoisotopic (exact) mass is 526 g/mol. The second-order valence-electron chi connectivity index (χ2n) is 10.3. The van der Waals surface area contributed by atoms with Gasteiger partial charge in [0.2, 0.25) is 5.78 Å². The summed E-state index contributed by atoms with van der Waals surface area (Å²) in [5.41, 5.74) is 12.9. The summed E-state index contributed by atoms with van der Waals surface area (Å²) in [6.07, 6.45) is 10.5. The van der Waals surface area contributed by atoms with Crippen molar-refractivity contribution < 1.29 is 13.6 Å². The number of Topliss-reactive ketones (excluding diaryl/α,β-unsaturated/α-hetero) is 1. The number of hydrogen-bond acceptors (Lipinski definition) is 2. The van der Waals surface area contributed by atoms with Crippen molar-refractivity contribution in [3.05, 3.63) is 130 Å². The van der Waals surface area contributed by atoms with Gasteiger partial charge in [-0.05, 0) is 77.8 Å². The average Bonchev–Trinajstić information content (AvgIpc) is 3.23. The normalized spacial score (nSPS) is 15.7. The van der Waals surface area contributed by atoms with Crippen LogP contribution in [-0.2, 0) is 12.8 Å². The van der Waals surface area contributed by atoms with E-state index in [2.05, 4.69) is 30.6 Å². The van der Waals surface area contributed by atoms with Crippen LogP contribution in [0, 0.1) is 18.7 Å². The second kappa shape index (κ2) is 11.8. The van der Waals surface area contributed by atoms with Gasteiger partial charge in [-0.1, -0.05) is 69.9 Å². The van der Waals surface area contributed by atoms with Crippen LogP contribution in [0.1, 0.15) is 65.9 Å². The van der Waals surface area contributed by atoms with Crippen molar-refractivity contribution in [1.29, 1.82) is 0 Å². The van der Waals surface area contributed by atoms with Crippen LogP contribution in [0.5, 0.6) is 0 Å². The fourth-order valence-electron chi connectivity index (χ4n) is 5.08. The molecule has 3 nitrogen and oxygen atoms in total. The minimum absolute atomic E-state index is 0.0149. The highest BCUT2D eigenvalue weighted by molar-refractivity contribution is 6.12. The Kier molecular flexibility index (Phi) is 8.49. The third-order valence-electron chi connectivity index (χ3n) is 7.85. The third-order valence-corrected chi connectivity index (χ3v) is 7.85. The van der Waals surface area contributed by atoms with Crippen molar-refractivity contribution in [3.63, 3.8) is 0 Å². The number of halogens is 2. The Labute approximate surface area is 229 Å². The molecule has 4 rings (SSSR count). The van der Waals surface area contributed by atoms with E-state index in [1.807, 2.05) is 45.1 Å². The first-order chi connectivity index (χ1) is 18.6. The Hall–Kier alpha value is -3.99. The first-order valence-electron chi connectivity index (χ1n) is 13.4. The van der Waals surface area contributed by atoms with Gasteiger partial charge in [0.15, 0.2) is 0 Å². The first-order valence-corrected chi connectivity index (χ1v) is 13.4. The first kappa shape index (κ1) is 28.0. The summed E-state index contributed by atoms with van der Waals surface area (Å²) in [7, 11) is 0. The van der Waals surface area contributed by atoms with Crippen molar-refractivity contribution in [3.8, 4) is 0 Å². The Morgan fingerprint density at radius 3 is 2.54 bits per heavy atom. The van der Waals surface area contributed by atoms with Crippen LogP contribution in [0.15, 0.2) is 96.0 Å². The number of nitrogens with two attached hydrogens (primary N) is 1. The zero-order valence-corrected chi connectivity index (χ0v) is 23.1. The fourth-order valence-corrected chi connectivity index (χ4v) is 5.08. The molecular weight excluding hydrogens is 490 g/mol. The number of rotatable bonds is 9. The summed E-state index contributed by atoms with van der Waals surface area (Å²) in [5.74, 6) is -0.893. The molecule has 202 valence electrons. The predicted octanol–water partition coefficient (Wildman–Crippen LogP) is 8.48. The lowest BCUT2D eigenvalue weighted by atomic mass is 9.83. The van der Waals surface area contributed by atoms with E-state index in [0.717, 1.165) is 23.1 Å². The molecule has 0 bridgehead atoms. The van der Waals surface area contributed by atoms with Crippen molar-refractivity contribution >= 4 is 16.7 Å². The number of aromatic nitrogens is 1. The van der Waals surface area contributed by atoms with E-state index in [1.165, 1.54) is 18.2 Å². The maximum atomic E-state index is 14.4. The maximum absolute atomic E-state index is 14.4. The fraction of sp³-hybridized carbons (Fsp3) is 0.265. The standard InChI is InChI=1S/C34H36F2N2O/c1-6-23-18-31-27(17-30(23)36)19-32(38-31)34(39)28(7-2)33(37)22(5)21(4)25-14-13-24(20(3)15-25)16-26-11-9-8-10-12-29(26)35/h7,9-15,17-19,21-22,38H,2,6,8,16,37H2,1,3-5H3/b33-28-. The molecule has 3 N–H and O–H groups in total. The molecular formula is C34H36F2N2O. The number of H-pyrrole nitrogens is 1. The average molecular weight is 527 g/mol. The van der Waals surface area contributed by atoms with Gasteiger partial charge in [0, 0.05) is 34.5 Å². The van der Waals surface area contributed by atoms with Crippen molar-refractivity contribution in [2.24, 2.45) is 11.7 Å². The molecule has 0 fully saturated rings. The van der Waals surface area contributed by atoms with E-state index in [9.17, 15) is 13.6 Å². The summed E-state index contributed by atoms with van der Waals surface area (Å²) in [6, 6.07) is 11.1. The second-order valence-corrected chi connectivity index (χ2v) is 10.3. The number of hydrogen-bond donors (Lipinski definition) is 2. The van der Waals surface area contributed by atoms with E-state index in [4.69, 9.17) is 5.73 Å². The van der Waals surface area contributed by atoms with E-state index >= 15 is 0 Å². The quantitative estimate of drug-likeness (QED) is 0.167. The molecule has 2 unspecified atom stereocenters. The van der Waals surface area contributed by atoms with Gasteiger partial charge in [-0.15, -0.1) is 0 Å². The van der Waals surface area contributed by atoms with Crippen molar-refractivity contribution in [2.45, 2.75) is 52.9 Å². The van der Waals surface area contributed by atoms with Gasteiger partial charge in [0.25, 0.3) is 0 Å². The number of benzene rings is 2. The highest BCUT2D eigenvalue weighted by atomic mass is 19.1. The molecule has 3 aromatic rings. The highest BCUT2D eigenvalue weighted by Crippen LogP contribution is 2.32. The minimum atomic E-state index is -0.282. The number of ketones is 1. The molecule has 1 heterocycles. The van der Waals surface area contributed by atoms with Crippen LogP contribution in [-0.4, -0.2) is 10.8 Å². The zero-order valence-electron chi connectivity index (χ0n) is 23.1. The Balaban J connectivity index is 1.58. The Bertz CT molecular complexity index is 1550. The van der Waals surface area contributed by atoms with Crippen molar-refractivity contribution in [1.82, 2.24) is 4.98 Å². The zero-order chi connectivity index (χ0) is 28.3. The number of aryl methyl sites for hydroxylation is 2. The van der Waals surface area contributed by atoms with E-state index in [1.54, 1.807) is 12.1 Å². The van der Waals surface area contributed by atoms with Crippen LogP contribution < -0.4 is 5.73 Å². The predicted molar refractivity (Wildman–Crippen MR) is 157 cm³/mol. The molecule has 1 aromatic heterocycles. The highest BCUT2D eigenvalue weighted by Gasteiger charge is 2.24. The van der Waals surface area contributed by atoms with Crippen LogP contribution in [0.2, 0.25) is 0 Å². The van der Waals surface area contributed by atoms with Crippen LogP contribution in [0.4, 0.5) is 8.78 Å².